The van der Waals surface area contributed by atoms with E-state index in [4.69, 9.17) is 4.74 Å². The van der Waals surface area contributed by atoms with Crippen LogP contribution in [-0.2, 0) is 0 Å². The Kier molecular flexibility index (Phi) is 5.55. The Morgan fingerprint density at radius 3 is 2.53 bits per heavy atom. The van der Waals surface area contributed by atoms with Gasteiger partial charge in [0.15, 0.2) is 5.75 Å². The Labute approximate surface area is 183 Å². The molecule has 9 heteroatoms. The van der Waals surface area contributed by atoms with Gasteiger partial charge < -0.3 is 10.1 Å². The monoisotopic (exact) mass is 431 g/mol. The first-order chi connectivity index (χ1) is 15.4. The van der Waals surface area contributed by atoms with Crippen molar-refractivity contribution in [1.82, 2.24) is 15.0 Å². The Bertz CT molecular complexity index is 1350. The van der Waals surface area contributed by atoms with Gasteiger partial charge in [-0.15, -0.1) is 10.2 Å². The van der Waals surface area contributed by atoms with Gasteiger partial charge in [-0.3, -0.25) is 14.9 Å². The highest BCUT2D eigenvalue weighted by molar-refractivity contribution is 6.05. The van der Waals surface area contributed by atoms with E-state index >= 15 is 0 Å². The first-order valence-electron chi connectivity index (χ1n) is 10.0. The van der Waals surface area contributed by atoms with Crippen LogP contribution in [0.2, 0.25) is 0 Å². The van der Waals surface area contributed by atoms with Crippen LogP contribution in [0, 0.1) is 24.0 Å². The highest BCUT2D eigenvalue weighted by Crippen LogP contribution is 2.28. The molecule has 1 amide bonds. The number of carbonyl (C=O) groups is 1. The number of aromatic nitrogens is 3. The minimum Gasteiger partial charge on any atom is -0.487 e. The van der Waals surface area contributed by atoms with Gasteiger partial charge in [0.2, 0.25) is 0 Å². The molecule has 0 fully saturated rings. The van der Waals surface area contributed by atoms with E-state index in [2.05, 4.69) is 15.5 Å². The number of nitrogens with one attached hydrogen (secondary N) is 1. The molecule has 32 heavy (non-hydrogen) atoms. The quantitative estimate of drug-likeness (QED) is 0.353. The summed E-state index contributed by atoms with van der Waals surface area (Å²) in [5.74, 6) is -0.351. The average molecular weight is 431 g/mol. The molecule has 4 aromatic rings. The van der Waals surface area contributed by atoms with Gasteiger partial charge in [-0.1, -0.05) is 6.07 Å². The zero-order valence-corrected chi connectivity index (χ0v) is 17.8. The van der Waals surface area contributed by atoms with Crippen molar-refractivity contribution in [1.29, 1.82) is 0 Å². The van der Waals surface area contributed by atoms with Crippen LogP contribution >= 0.6 is 0 Å². The van der Waals surface area contributed by atoms with Crippen molar-refractivity contribution < 1.29 is 14.5 Å². The summed E-state index contributed by atoms with van der Waals surface area (Å²) in [7, 11) is 0. The molecule has 0 bridgehead atoms. The number of nitro groups is 1. The molecule has 4 rings (SSSR count). The highest BCUT2D eigenvalue weighted by atomic mass is 16.6. The third-order valence-electron chi connectivity index (χ3n) is 5.08. The van der Waals surface area contributed by atoms with E-state index in [9.17, 15) is 14.9 Å². The summed E-state index contributed by atoms with van der Waals surface area (Å²) >= 11 is 0. The minimum atomic E-state index is -0.571. The number of hydrogen-bond donors (Lipinski definition) is 1. The molecule has 0 aliphatic carbocycles. The maximum atomic E-state index is 12.7. The van der Waals surface area contributed by atoms with E-state index in [1.807, 2.05) is 32.0 Å². The molecule has 9 nitrogen and oxygen atoms in total. The van der Waals surface area contributed by atoms with Gasteiger partial charge in [0.25, 0.3) is 5.91 Å². The van der Waals surface area contributed by atoms with E-state index in [1.165, 1.54) is 23.8 Å². The largest absolute Gasteiger partial charge is 0.487 e. The minimum absolute atomic E-state index is 0.124. The predicted octanol–water partition coefficient (Wildman–Crippen LogP) is 4.60. The summed E-state index contributed by atoms with van der Waals surface area (Å²) in [6, 6.07) is 15.3. The topological polar surface area (TPSA) is 112 Å². The maximum absolute atomic E-state index is 12.7. The number of amides is 1. The number of benzene rings is 3. The van der Waals surface area contributed by atoms with Gasteiger partial charge in [-0.05, 0) is 74.4 Å². The van der Waals surface area contributed by atoms with Gasteiger partial charge in [0.1, 0.15) is 11.0 Å². The van der Waals surface area contributed by atoms with Crippen molar-refractivity contribution in [2.45, 2.75) is 20.8 Å². The first-order valence-corrected chi connectivity index (χ1v) is 10.0. The van der Waals surface area contributed by atoms with Gasteiger partial charge >= 0.3 is 5.69 Å². The van der Waals surface area contributed by atoms with Crippen LogP contribution < -0.4 is 10.1 Å². The number of ether oxygens (including phenoxy) is 1. The molecule has 0 saturated heterocycles. The van der Waals surface area contributed by atoms with Crippen LogP contribution in [0.4, 0.5) is 11.4 Å². The van der Waals surface area contributed by atoms with E-state index in [1.54, 1.807) is 29.9 Å². The number of fused-ring (bicyclic) bond motifs is 1. The fourth-order valence-electron chi connectivity index (χ4n) is 3.24. The predicted molar refractivity (Wildman–Crippen MR) is 121 cm³/mol. The summed E-state index contributed by atoms with van der Waals surface area (Å²) in [5.41, 5.74) is 4.86. The molecule has 3 aromatic carbocycles. The molecule has 1 heterocycles. The van der Waals surface area contributed by atoms with Crippen molar-refractivity contribution in [2.24, 2.45) is 0 Å². The number of nitrogens with zero attached hydrogens (tertiary/aromatic N) is 4. The number of nitro benzene ring substituents is 1. The van der Waals surface area contributed by atoms with Gasteiger partial charge in [-0.25, -0.2) is 0 Å². The first kappa shape index (κ1) is 21.0. The van der Waals surface area contributed by atoms with E-state index in [-0.39, 0.29) is 23.6 Å². The number of aryl methyl sites for hydroxylation is 2. The highest BCUT2D eigenvalue weighted by Gasteiger charge is 2.19. The van der Waals surface area contributed by atoms with Gasteiger partial charge in [0.05, 0.1) is 17.2 Å². The van der Waals surface area contributed by atoms with Crippen LogP contribution in [0.1, 0.15) is 28.4 Å². The van der Waals surface area contributed by atoms with Crippen LogP contribution in [0.3, 0.4) is 0 Å². The average Bonchev–Trinajstić information content (AvgIpc) is 3.19. The molecular weight excluding hydrogens is 410 g/mol. The Morgan fingerprint density at radius 2 is 1.81 bits per heavy atom. The lowest BCUT2D eigenvalue weighted by molar-refractivity contribution is -0.385. The Hall–Kier alpha value is -4.27. The van der Waals surface area contributed by atoms with E-state index < -0.39 is 10.8 Å². The fourth-order valence-corrected chi connectivity index (χ4v) is 3.24. The van der Waals surface area contributed by atoms with Crippen LogP contribution in [0.25, 0.3) is 16.7 Å². The Morgan fingerprint density at radius 1 is 1.03 bits per heavy atom. The van der Waals surface area contributed by atoms with E-state index in [0.717, 1.165) is 11.3 Å². The molecule has 1 aromatic heterocycles. The molecule has 0 atom stereocenters. The van der Waals surface area contributed by atoms with Gasteiger partial charge in [-0.2, -0.15) is 4.80 Å². The van der Waals surface area contributed by atoms with Crippen molar-refractivity contribution in [3.8, 4) is 11.4 Å². The van der Waals surface area contributed by atoms with Crippen molar-refractivity contribution in [3.05, 3.63) is 81.4 Å². The molecule has 0 aliphatic heterocycles. The standard InChI is InChI=1S/C23H21N5O4/c1-4-32-22-10-6-16(12-21(22)28(30)31)23(29)24-17-7-9-19-20(13-17)26-27(25-19)18-8-5-14(2)15(3)11-18/h5-13H,4H2,1-3H3,(H,24,29). The van der Waals surface area contributed by atoms with Crippen LogP contribution in [0.5, 0.6) is 5.75 Å². The second kappa shape index (κ2) is 8.46. The lowest BCUT2D eigenvalue weighted by Crippen LogP contribution is -2.12. The number of rotatable bonds is 6. The lowest BCUT2D eigenvalue weighted by atomic mass is 10.1. The SMILES string of the molecule is CCOc1ccc(C(=O)Nc2ccc3nn(-c4ccc(C)c(C)c4)nc3c2)cc1[N+](=O)[O-]. The van der Waals surface area contributed by atoms with Crippen molar-refractivity contribution in [2.75, 3.05) is 11.9 Å². The van der Waals surface area contributed by atoms with Crippen LogP contribution in [0.15, 0.2) is 54.6 Å². The second-order valence-electron chi connectivity index (χ2n) is 7.29. The molecule has 0 saturated carbocycles. The molecule has 0 radical (unpaired) electrons. The number of anilines is 1. The third kappa shape index (κ3) is 4.13. The lowest BCUT2D eigenvalue weighted by Gasteiger charge is -2.07. The molecule has 1 N–H and O–H groups in total. The summed E-state index contributed by atoms with van der Waals surface area (Å²) in [6.07, 6.45) is 0. The number of carbonyl (C=O) groups excluding carboxylic acids is 1. The third-order valence-corrected chi connectivity index (χ3v) is 5.08. The normalized spacial score (nSPS) is 10.8. The summed E-state index contributed by atoms with van der Waals surface area (Å²) in [6.45, 7) is 6.09. The summed E-state index contributed by atoms with van der Waals surface area (Å²) in [5, 5.41) is 23.1. The smallest absolute Gasteiger partial charge is 0.311 e. The molecule has 0 aliphatic rings. The fraction of sp³-hybridized carbons (Fsp3) is 0.174. The Balaban J connectivity index is 1.59. The van der Waals surface area contributed by atoms with Crippen LogP contribution in [-0.4, -0.2) is 32.4 Å². The summed E-state index contributed by atoms with van der Waals surface area (Å²) in [4.78, 5) is 25.0. The maximum Gasteiger partial charge on any atom is 0.311 e. The molecule has 162 valence electrons. The van der Waals surface area contributed by atoms with Crippen molar-refractivity contribution in [3.63, 3.8) is 0 Å². The number of hydrogen-bond acceptors (Lipinski definition) is 6. The molecule has 0 unspecified atom stereocenters. The zero-order chi connectivity index (χ0) is 22.8. The van der Waals surface area contributed by atoms with E-state index in [0.29, 0.717) is 16.7 Å². The summed E-state index contributed by atoms with van der Waals surface area (Å²) < 4.78 is 5.26. The molecule has 0 spiro atoms. The van der Waals surface area contributed by atoms with Gasteiger partial charge in [0, 0.05) is 17.3 Å². The van der Waals surface area contributed by atoms with Crippen molar-refractivity contribution >= 4 is 28.3 Å². The molecular formula is C23H21N5O4. The second-order valence-corrected chi connectivity index (χ2v) is 7.29. The zero-order valence-electron chi connectivity index (χ0n) is 17.8.